The molecule has 142 valence electrons. The SMILES string of the molecule is C/C(=C\c1ccccc1)CN1CC[C@H](c2cc(=O)[nH]c(-c3ccccn3)n2)C1. The van der Waals surface area contributed by atoms with Crippen LogP contribution in [0.2, 0.25) is 0 Å². The molecule has 3 heterocycles. The second-order valence-electron chi connectivity index (χ2n) is 7.36. The number of H-pyrrole nitrogens is 1. The van der Waals surface area contributed by atoms with Crippen LogP contribution in [0.3, 0.4) is 0 Å². The summed E-state index contributed by atoms with van der Waals surface area (Å²) in [5, 5.41) is 0. The topological polar surface area (TPSA) is 61.9 Å². The molecule has 0 bridgehead atoms. The number of aromatic amines is 1. The van der Waals surface area contributed by atoms with Crippen LogP contribution in [0.1, 0.15) is 30.5 Å². The number of likely N-dealkylation sites (tertiary alicyclic amines) is 1. The van der Waals surface area contributed by atoms with Gasteiger partial charge in [-0.15, -0.1) is 0 Å². The average molecular weight is 372 g/mol. The largest absolute Gasteiger partial charge is 0.305 e. The van der Waals surface area contributed by atoms with E-state index in [0.29, 0.717) is 11.5 Å². The molecule has 0 saturated carbocycles. The molecule has 1 fully saturated rings. The molecule has 1 aromatic carbocycles. The number of pyridine rings is 1. The molecule has 0 unspecified atom stereocenters. The average Bonchev–Trinajstić information content (AvgIpc) is 3.17. The fourth-order valence-corrected chi connectivity index (χ4v) is 3.76. The van der Waals surface area contributed by atoms with Gasteiger partial charge in [-0.1, -0.05) is 48.0 Å². The first-order valence-electron chi connectivity index (χ1n) is 9.64. The van der Waals surface area contributed by atoms with Crippen molar-refractivity contribution in [2.24, 2.45) is 0 Å². The van der Waals surface area contributed by atoms with Crippen LogP contribution in [0.4, 0.5) is 0 Å². The summed E-state index contributed by atoms with van der Waals surface area (Å²) >= 11 is 0. The zero-order valence-corrected chi connectivity index (χ0v) is 16.0. The van der Waals surface area contributed by atoms with Crippen molar-refractivity contribution >= 4 is 6.08 Å². The summed E-state index contributed by atoms with van der Waals surface area (Å²) in [6, 6.07) is 17.6. The molecule has 1 atom stereocenters. The number of hydrogen-bond donors (Lipinski definition) is 1. The number of nitrogens with one attached hydrogen (secondary N) is 1. The molecule has 1 aliphatic rings. The molecule has 0 amide bonds. The molecule has 3 aromatic rings. The lowest BCUT2D eigenvalue weighted by atomic mass is 10.0. The van der Waals surface area contributed by atoms with Gasteiger partial charge in [-0.05, 0) is 37.6 Å². The Hall–Kier alpha value is -3.05. The zero-order valence-electron chi connectivity index (χ0n) is 16.0. The van der Waals surface area contributed by atoms with E-state index >= 15 is 0 Å². The summed E-state index contributed by atoms with van der Waals surface area (Å²) in [7, 11) is 0. The monoisotopic (exact) mass is 372 g/mol. The summed E-state index contributed by atoms with van der Waals surface area (Å²) in [5.41, 5.74) is 3.99. The Kier molecular flexibility index (Phi) is 5.44. The van der Waals surface area contributed by atoms with Gasteiger partial charge in [0.1, 0.15) is 5.69 Å². The first kappa shape index (κ1) is 18.3. The van der Waals surface area contributed by atoms with Crippen LogP contribution in [0.25, 0.3) is 17.6 Å². The lowest BCUT2D eigenvalue weighted by Crippen LogP contribution is -2.23. The lowest BCUT2D eigenvalue weighted by Gasteiger charge is -2.16. The molecule has 4 rings (SSSR count). The van der Waals surface area contributed by atoms with Crippen LogP contribution >= 0.6 is 0 Å². The summed E-state index contributed by atoms with van der Waals surface area (Å²) in [4.78, 5) is 26.4. The summed E-state index contributed by atoms with van der Waals surface area (Å²) in [6.45, 7) is 5.03. The number of aromatic nitrogens is 3. The van der Waals surface area contributed by atoms with Gasteiger partial charge in [0, 0.05) is 31.3 Å². The third-order valence-electron chi connectivity index (χ3n) is 5.05. The molecule has 5 heteroatoms. The van der Waals surface area contributed by atoms with E-state index in [1.54, 1.807) is 12.3 Å². The highest BCUT2D eigenvalue weighted by molar-refractivity contribution is 5.52. The fraction of sp³-hybridized carbons (Fsp3) is 0.261. The van der Waals surface area contributed by atoms with Gasteiger partial charge in [0.2, 0.25) is 0 Å². The van der Waals surface area contributed by atoms with Crippen molar-refractivity contribution in [3.63, 3.8) is 0 Å². The third kappa shape index (κ3) is 4.43. The lowest BCUT2D eigenvalue weighted by molar-refractivity contribution is 0.363. The highest BCUT2D eigenvalue weighted by atomic mass is 16.1. The summed E-state index contributed by atoms with van der Waals surface area (Å²) in [6.07, 6.45) is 4.95. The fourth-order valence-electron chi connectivity index (χ4n) is 3.76. The maximum atomic E-state index is 12.2. The van der Waals surface area contributed by atoms with Crippen molar-refractivity contribution in [1.29, 1.82) is 0 Å². The van der Waals surface area contributed by atoms with Crippen molar-refractivity contribution in [3.05, 3.63) is 88.0 Å². The van der Waals surface area contributed by atoms with E-state index in [1.807, 2.05) is 24.3 Å². The Labute approximate surface area is 164 Å². The molecule has 28 heavy (non-hydrogen) atoms. The van der Waals surface area contributed by atoms with E-state index in [1.165, 1.54) is 11.1 Å². The maximum absolute atomic E-state index is 12.2. The molecule has 0 aliphatic carbocycles. The molecule has 1 N–H and O–H groups in total. The Bertz CT molecular complexity index is 1010. The predicted octanol–water partition coefficient (Wildman–Crippen LogP) is 3.72. The van der Waals surface area contributed by atoms with Gasteiger partial charge in [0.15, 0.2) is 5.82 Å². The minimum absolute atomic E-state index is 0.121. The Morgan fingerprint density at radius 2 is 2.04 bits per heavy atom. The second kappa shape index (κ2) is 8.31. The first-order valence-corrected chi connectivity index (χ1v) is 9.64. The van der Waals surface area contributed by atoms with Gasteiger partial charge in [-0.3, -0.25) is 14.7 Å². The van der Waals surface area contributed by atoms with Gasteiger partial charge in [-0.2, -0.15) is 0 Å². The van der Waals surface area contributed by atoms with E-state index in [9.17, 15) is 4.79 Å². The van der Waals surface area contributed by atoms with E-state index in [0.717, 1.165) is 31.7 Å². The van der Waals surface area contributed by atoms with E-state index in [4.69, 9.17) is 4.98 Å². The smallest absolute Gasteiger partial charge is 0.251 e. The molecule has 2 aromatic heterocycles. The molecule has 1 aliphatic heterocycles. The standard InChI is InChI=1S/C23H24N4O/c1-17(13-18-7-3-2-4-8-18)15-27-12-10-19(16-27)21-14-22(28)26-23(25-21)20-9-5-6-11-24-20/h2-9,11,13-14,19H,10,12,15-16H2,1H3,(H,25,26,28)/b17-13+/t19-/m0/s1. The van der Waals surface area contributed by atoms with Crippen LogP contribution in [0.15, 0.2) is 71.2 Å². The maximum Gasteiger partial charge on any atom is 0.251 e. The highest BCUT2D eigenvalue weighted by Gasteiger charge is 2.25. The third-order valence-corrected chi connectivity index (χ3v) is 5.05. The van der Waals surface area contributed by atoms with E-state index in [2.05, 4.69) is 52.1 Å². The van der Waals surface area contributed by atoms with Gasteiger partial charge < -0.3 is 4.98 Å². The quantitative estimate of drug-likeness (QED) is 0.741. The van der Waals surface area contributed by atoms with E-state index in [-0.39, 0.29) is 11.5 Å². The number of rotatable bonds is 5. The van der Waals surface area contributed by atoms with Gasteiger partial charge >= 0.3 is 0 Å². The van der Waals surface area contributed by atoms with Gasteiger partial charge in [0.05, 0.1) is 5.69 Å². The molecule has 5 nitrogen and oxygen atoms in total. The normalized spacial score (nSPS) is 17.8. The Morgan fingerprint density at radius 1 is 1.21 bits per heavy atom. The van der Waals surface area contributed by atoms with Crippen LogP contribution < -0.4 is 5.56 Å². The van der Waals surface area contributed by atoms with Crippen molar-refractivity contribution in [2.45, 2.75) is 19.3 Å². The molecule has 0 spiro atoms. The minimum Gasteiger partial charge on any atom is -0.305 e. The zero-order chi connectivity index (χ0) is 19.3. The van der Waals surface area contributed by atoms with Crippen LogP contribution in [-0.2, 0) is 0 Å². The number of benzene rings is 1. The molecule has 1 saturated heterocycles. The summed E-state index contributed by atoms with van der Waals surface area (Å²) in [5.74, 6) is 0.816. The van der Waals surface area contributed by atoms with Crippen molar-refractivity contribution < 1.29 is 0 Å². The molecular formula is C23H24N4O. The van der Waals surface area contributed by atoms with Crippen molar-refractivity contribution in [3.8, 4) is 11.5 Å². The Morgan fingerprint density at radius 3 is 2.82 bits per heavy atom. The van der Waals surface area contributed by atoms with E-state index < -0.39 is 0 Å². The first-order chi connectivity index (χ1) is 13.7. The van der Waals surface area contributed by atoms with Crippen LogP contribution in [0.5, 0.6) is 0 Å². The second-order valence-corrected chi connectivity index (χ2v) is 7.36. The minimum atomic E-state index is -0.121. The number of hydrogen-bond acceptors (Lipinski definition) is 4. The van der Waals surface area contributed by atoms with Crippen molar-refractivity contribution in [2.75, 3.05) is 19.6 Å². The van der Waals surface area contributed by atoms with Crippen LogP contribution in [0, 0.1) is 0 Å². The van der Waals surface area contributed by atoms with Crippen LogP contribution in [-0.4, -0.2) is 39.5 Å². The summed E-state index contributed by atoms with van der Waals surface area (Å²) < 4.78 is 0. The van der Waals surface area contributed by atoms with Gasteiger partial charge in [-0.25, -0.2) is 4.98 Å². The predicted molar refractivity (Wildman–Crippen MR) is 112 cm³/mol. The molecular weight excluding hydrogens is 348 g/mol. The Balaban J connectivity index is 1.46. The number of nitrogens with zero attached hydrogens (tertiary/aromatic N) is 3. The molecule has 0 radical (unpaired) electrons. The van der Waals surface area contributed by atoms with Crippen molar-refractivity contribution in [1.82, 2.24) is 19.9 Å². The highest BCUT2D eigenvalue weighted by Crippen LogP contribution is 2.26. The van der Waals surface area contributed by atoms with Gasteiger partial charge in [0.25, 0.3) is 5.56 Å².